The summed E-state index contributed by atoms with van der Waals surface area (Å²) in [6, 6.07) is 0. The van der Waals surface area contributed by atoms with Gasteiger partial charge in [-0.05, 0) is 25.2 Å². The lowest BCUT2D eigenvalue weighted by molar-refractivity contribution is -0.137. The normalized spacial score (nSPS) is 27.8. The van der Waals surface area contributed by atoms with Crippen molar-refractivity contribution >= 4 is 11.9 Å². The summed E-state index contributed by atoms with van der Waals surface area (Å²) in [5, 5.41) is 21.5. The molecule has 2 unspecified atom stereocenters. The van der Waals surface area contributed by atoms with Crippen LogP contribution in [-0.2, 0) is 9.59 Å². The van der Waals surface area contributed by atoms with Crippen LogP contribution in [0.5, 0.6) is 0 Å². The highest BCUT2D eigenvalue weighted by Gasteiger charge is 2.32. The lowest BCUT2D eigenvalue weighted by Crippen LogP contribution is -2.45. The summed E-state index contributed by atoms with van der Waals surface area (Å²) < 4.78 is 0. The van der Waals surface area contributed by atoms with Gasteiger partial charge >= 0.3 is 5.97 Å². The number of amides is 1. The smallest absolute Gasteiger partial charge is 0.303 e. The van der Waals surface area contributed by atoms with E-state index in [1.54, 1.807) is 0 Å². The summed E-state index contributed by atoms with van der Waals surface area (Å²) >= 11 is 0. The highest BCUT2D eigenvalue weighted by atomic mass is 16.4. The van der Waals surface area contributed by atoms with E-state index in [0.717, 1.165) is 25.7 Å². The first-order valence-electron chi connectivity index (χ1n) is 6.62. The monoisotopic (exact) mass is 257 g/mol. The van der Waals surface area contributed by atoms with Gasteiger partial charge in [0.2, 0.25) is 5.91 Å². The zero-order chi connectivity index (χ0) is 13.6. The van der Waals surface area contributed by atoms with Crippen molar-refractivity contribution in [1.82, 2.24) is 5.32 Å². The van der Waals surface area contributed by atoms with Gasteiger partial charge in [0.15, 0.2) is 0 Å². The van der Waals surface area contributed by atoms with E-state index in [0.29, 0.717) is 12.3 Å². The van der Waals surface area contributed by atoms with E-state index < -0.39 is 11.6 Å². The molecule has 1 aliphatic rings. The molecule has 18 heavy (non-hydrogen) atoms. The van der Waals surface area contributed by atoms with Crippen LogP contribution < -0.4 is 5.32 Å². The van der Waals surface area contributed by atoms with E-state index >= 15 is 0 Å². The average molecular weight is 257 g/mol. The Hall–Kier alpha value is -1.10. The Balaban J connectivity index is 2.22. The second-order valence-corrected chi connectivity index (χ2v) is 5.45. The van der Waals surface area contributed by atoms with Crippen molar-refractivity contribution in [3.05, 3.63) is 0 Å². The number of rotatable bonds is 6. The lowest BCUT2D eigenvalue weighted by atomic mass is 9.79. The molecule has 1 aliphatic carbocycles. The molecular formula is C13H23NO4. The van der Waals surface area contributed by atoms with Crippen molar-refractivity contribution in [3.8, 4) is 0 Å². The number of carbonyl (C=O) groups is 2. The van der Waals surface area contributed by atoms with Crippen LogP contribution in [0, 0.1) is 5.92 Å². The van der Waals surface area contributed by atoms with E-state index in [4.69, 9.17) is 5.11 Å². The SMILES string of the molecule is CC1CCCC(O)(CNC(=O)CCCC(=O)O)C1. The van der Waals surface area contributed by atoms with Gasteiger partial charge in [0.1, 0.15) is 0 Å². The maximum Gasteiger partial charge on any atom is 0.303 e. The Morgan fingerprint density at radius 2 is 2.11 bits per heavy atom. The molecule has 0 spiro atoms. The van der Waals surface area contributed by atoms with Gasteiger partial charge in [-0.25, -0.2) is 0 Å². The Labute approximate surface area is 108 Å². The van der Waals surface area contributed by atoms with Gasteiger partial charge in [0.25, 0.3) is 0 Å². The molecule has 1 fully saturated rings. The molecule has 5 nitrogen and oxygen atoms in total. The largest absolute Gasteiger partial charge is 0.481 e. The van der Waals surface area contributed by atoms with Gasteiger partial charge in [0.05, 0.1) is 5.60 Å². The maximum atomic E-state index is 11.5. The summed E-state index contributed by atoms with van der Waals surface area (Å²) in [6.07, 6.45) is 4.14. The first-order chi connectivity index (χ1) is 8.41. The average Bonchev–Trinajstić information content (AvgIpc) is 2.26. The Morgan fingerprint density at radius 1 is 1.39 bits per heavy atom. The molecular weight excluding hydrogens is 234 g/mol. The number of carbonyl (C=O) groups excluding carboxylic acids is 1. The third kappa shape index (κ3) is 5.49. The molecule has 3 N–H and O–H groups in total. The number of aliphatic hydroxyl groups is 1. The van der Waals surface area contributed by atoms with Gasteiger partial charge in [-0.1, -0.05) is 19.8 Å². The van der Waals surface area contributed by atoms with Crippen LogP contribution in [0.3, 0.4) is 0 Å². The molecule has 0 saturated heterocycles. The first-order valence-corrected chi connectivity index (χ1v) is 6.62. The highest BCUT2D eigenvalue weighted by molar-refractivity contribution is 5.76. The van der Waals surface area contributed by atoms with Crippen molar-refractivity contribution in [1.29, 1.82) is 0 Å². The van der Waals surface area contributed by atoms with Crippen LogP contribution in [0.1, 0.15) is 51.9 Å². The van der Waals surface area contributed by atoms with Gasteiger partial charge in [-0.3, -0.25) is 9.59 Å². The number of carboxylic acid groups (broad SMARTS) is 1. The molecule has 2 atom stereocenters. The van der Waals surface area contributed by atoms with Crippen LogP contribution in [0.2, 0.25) is 0 Å². The van der Waals surface area contributed by atoms with Gasteiger partial charge in [-0.2, -0.15) is 0 Å². The zero-order valence-corrected chi connectivity index (χ0v) is 10.9. The van der Waals surface area contributed by atoms with E-state index in [9.17, 15) is 14.7 Å². The summed E-state index contributed by atoms with van der Waals surface area (Å²) in [6.45, 7) is 2.39. The quantitative estimate of drug-likeness (QED) is 0.669. The second kappa shape index (κ2) is 6.73. The van der Waals surface area contributed by atoms with Gasteiger partial charge in [0, 0.05) is 19.4 Å². The molecule has 0 aromatic heterocycles. The molecule has 104 valence electrons. The number of hydrogen-bond donors (Lipinski definition) is 3. The van der Waals surface area contributed by atoms with Crippen LogP contribution in [-0.4, -0.2) is 34.2 Å². The predicted molar refractivity (Wildman–Crippen MR) is 67.1 cm³/mol. The molecule has 1 rings (SSSR count). The number of carboxylic acids is 1. The molecule has 0 bridgehead atoms. The minimum atomic E-state index is -0.887. The van der Waals surface area contributed by atoms with Crippen LogP contribution >= 0.6 is 0 Å². The summed E-state index contributed by atoms with van der Waals surface area (Å²) in [7, 11) is 0. The van der Waals surface area contributed by atoms with E-state index in [1.807, 2.05) is 0 Å². The molecule has 0 heterocycles. The fourth-order valence-corrected chi connectivity index (χ4v) is 2.54. The maximum absolute atomic E-state index is 11.5. The highest BCUT2D eigenvalue weighted by Crippen LogP contribution is 2.31. The summed E-state index contributed by atoms with van der Waals surface area (Å²) in [5.41, 5.74) is -0.778. The Bertz CT molecular complexity index is 305. The van der Waals surface area contributed by atoms with Crippen LogP contribution in [0.25, 0.3) is 0 Å². The minimum Gasteiger partial charge on any atom is -0.481 e. The molecule has 0 aromatic rings. The van der Waals surface area contributed by atoms with Gasteiger partial charge < -0.3 is 15.5 Å². The van der Waals surface area contributed by atoms with Crippen molar-refractivity contribution in [2.75, 3.05) is 6.54 Å². The third-order valence-electron chi connectivity index (χ3n) is 3.48. The van der Waals surface area contributed by atoms with Crippen molar-refractivity contribution < 1.29 is 19.8 Å². The predicted octanol–water partition coefficient (Wildman–Crippen LogP) is 1.30. The molecule has 0 aromatic carbocycles. The van der Waals surface area contributed by atoms with Crippen LogP contribution in [0.4, 0.5) is 0 Å². The molecule has 5 heteroatoms. The van der Waals surface area contributed by atoms with Crippen molar-refractivity contribution in [3.63, 3.8) is 0 Å². The number of hydrogen-bond acceptors (Lipinski definition) is 3. The first kappa shape index (κ1) is 15.0. The minimum absolute atomic E-state index is 0.00865. The van der Waals surface area contributed by atoms with E-state index in [1.165, 1.54) is 0 Å². The standard InChI is InChI=1S/C13H23NO4/c1-10-4-3-7-13(18,8-10)9-14-11(15)5-2-6-12(16)17/h10,18H,2-9H2,1H3,(H,14,15)(H,16,17). The molecule has 1 amide bonds. The van der Waals surface area contributed by atoms with Crippen molar-refractivity contribution in [2.45, 2.75) is 57.5 Å². The lowest BCUT2D eigenvalue weighted by Gasteiger charge is -2.35. The van der Waals surface area contributed by atoms with Crippen LogP contribution in [0.15, 0.2) is 0 Å². The fraction of sp³-hybridized carbons (Fsp3) is 0.846. The topological polar surface area (TPSA) is 86.6 Å². The zero-order valence-electron chi connectivity index (χ0n) is 10.9. The van der Waals surface area contributed by atoms with Gasteiger partial charge in [-0.15, -0.1) is 0 Å². The Kier molecular flexibility index (Phi) is 5.59. The molecule has 1 saturated carbocycles. The number of nitrogens with one attached hydrogen (secondary N) is 1. The summed E-state index contributed by atoms with van der Waals surface area (Å²) in [4.78, 5) is 21.8. The molecule has 0 aliphatic heterocycles. The Morgan fingerprint density at radius 3 is 2.72 bits per heavy atom. The number of aliphatic carboxylic acids is 1. The fourth-order valence-electron chi connectivity index (χ4n) is 2.54. The third-order valence-corrected chi connectivity index (χ3v) is 3.48. The van der Waals surface area contributed by atoms with E-state index in [2.05, 4.69) is 12.2 Å². The summed E-state index contributed by atoms with van der Waals surface area (Å²) in [5.74, 6) is -0.571. The molecule has 0 radical (unpaired) electrons. The van der Waals surface area contributed by atoms with Crippen molar-refractivity contribution in [2.24, 2.45) is 5.92 Å². The second-order valence-electron chi connectivity index (χ2n) is 5.45. The van der Waals surface area contributed by atoms with E-state index in [-0.39, 0.29) is 25.3 Å².